The molecule has 2 heterocycles. The van der Waals surface area contributed by atoms with E-state index in [-0.39, 0.29) is 5.91 Å². The molecule has 5 nitrogen and oxygen atoms in total. The molecule has 0 saturated carbocycles. The Kier molecular flexibility index (Phi) is 6.24. The van der Waals surface area contributed by atoms with E-state index in [1.165, 1.54) is 37.2 Å². The summed E-state index contributed by atoms with van der Waals surface area (Å²) in [6.45, 7) is 7.34. The number of morpholine rings is 1. The van der Waals surface area contributed by atoms with Crippen molar-refractivity contribution in [3.63, 3.8) is 0 Å². The summed E-state index contributed by atoms with van der Waals surface area (Å²) in [5.41, 5.74) is 4.32. The lowest BCUT2D eigenvalue weighted by molar-refractivity contribution is 0.0951. The van der Waals surface area contributed by atoms with Crippen LogP contribution in [0, 0.1) is 0 Å². The van der Waals surface area contributed by atoms with Gasteiger partial charge in [0.25, 0.3) is 5.91 Å². The van der Waals surface area contributed by atoms with Crippen LogP contribution < -0.4 is 10.2 Å². The summed E-state index contributed by atoms with van der Waals surface area (Å²) in [6, 6.07) is 16.4. The second kappa shape index (κ2) is 9.22. The van der Waals surface area contributed by atoms with Gasteiger partial charge in [-0.05, 0) is 61.3 Å². The zero-order valence-corrected chi connectivity index (χ0v) is 16.4. The molecular weight excluding hydrogens is 350 g/mol. The lowest BCUT2D eigenvalue weighted by Gasteiger charge is -2.28. The first kappa shape index (κ1) is 19.0. The van der Waals surface area contributed by atoms with Crippen molar-refractivity contribution in [3.8, 4) is 0 Å². The fraction of sp³-hybridized carbons (Fsp3) is 0.435. The molecule has 2 aromatic rings. The first-order valence-electron chi connectivity index (χ1n) is 10.3. The summed E-state index contributed by atoms with van der Waals surface area (Å²) in [6.07, 6.45) is 2.60. The Morgan fingerprint density at radius 2 is 1.50 bits per heavy atom. The van der Waals surface area contributed by atoms with Crippen LogP contribution in [0.25, 0.3) is 0 Å². The van der Waals surface area contributed by atoms with Crippen LogP contribution in [-0.2, 0) is 17.8 Å². The Bertz CT molecular complexity index is 761. The van der Waals surface area contributed by atoms with Gasteiger partial charge < -0.3 is 15.0 Å². The molecule has 148 valence electrons. The average molecular weight is 380 g/mol. The number of amides is 1. The molecule has 0 spiro atoms. The fourth-order valence-corrected chi connectivity index (χ4v) is 3.89. The van der Waals surface area contributed by atoms with E-state index in [2.05, 4.69) is 51.5 Å². The van der Waals surface area contributed by atoms with Crippen LogP contribution in [0.2, 0.25) is 0 Å². The third-order valence-electron chi connectivity index (χ3n) is 5.59. The first-order valence-corrected chi connectivity index (χ1v) is 10.3. The minimum atomic E-state index is -0.0232. The van der Waals surface area contributed by atoms with Crippen LogP contribution in [0.5, 0.6) is 0 Å². The average Bonchev–Trinajstić information content (AvgIpc) is 3.27. The molecule has 2 aromatic carbocycles. The van der Waals surface area contributed by atoms with Crippen molar-refractivity contribution in [2.45, 2.75) is 25.9 Å². The number of ether oxygens (including phenoxy) is 1. The third kappa shape index (κ3) is 4.91. The van der Waals surface area contributed by atoms with Crippen LogP contribution >= 0.6 is 0 Å². The molecule has 1 N–H and O–H groups in total. The van der Waals surface area contributed by atoms with Crippen molar-refractivity contribution in [2.24, 2.45) is 0 Å². The molecular formula is C23H29N3O2. The number of likely N-dealkylation sites (tertiary alicyclic amines) is 1. The van der Waals surface area contributed by atoms with Crippen molar-refractivity contribution in [1.29, 1.82) is 0 Å². The minimum Gasteiger partial charge on any atom is -0.378 e. The molecule has 5 heteroatoms. The lowest BCUT2D eigenvalue weighted by atomic mass is 10.1. The van der Waals surface area contributed by atoms with E-state index in [0.29, 0.717) is 6.54 Å². The maximum atomic E-state index is 12.4. The van der Waals surface area contributed by atoms with Gasteiger partial charge in [0, 0.05) is 37.4 Å². The molecule has 1 amide bonds. The van der Waals surface area contributed by atoms with Gasteiger partial charge in [-0.1, -0.05) is 24.3 Å². The summed E-state index contributed by atoms with van der Waals surface area (Å²) in [5.74, 6) is -0.0232. The van der Waals surface area contributed by atoms with Gasteiger partial charge in [0.2, 0.25) is 0 Å². The van der Waals surface area contributed by atoms with Gasteiger partial charge in [0.15, 0.2) is 0 Å². The summed E-state index contributed by atoms with van der Waals surface area (Å²) in [4.78, 5) is 17.2. The molecule has 2 fully saturated rings. The number of nitrogens with zero attached hydrogens (tertiary/aromatic N) is 2. The summed E-state index contributed by atoms with van der Waals surface area (Å²) < 4.78 is 5.40. The largest absolute Gasteiger partial charge is 0.378 e. The number of benzene rings is 2. The number of hydrogen-bond donors (Lipinski definition) is 1. The van der Waals surface area contributed by atoms with Gasteiger partial charge >= 0.3 is 0 Å². The number of rotatable bonds is 6. The van der Waals surface area contributed by atoms with Gasteiger partial charge in [-0.15, -0.1) is 0 Å². The molecule has 0 atom stereocenters. The summed E-state index contributed by atoms with van der Waals surface area (Å²) >= 11 is 0. The van der Waals surface area contributed by atoms with Crippen LogP contribution in [0.1, 0.15) is 34.3 Å². The molecule has 0 aromatic heterocycles. The molecule has 0 radical (unpaired) electrons. The van der Waals surface area contributed by atoms with Crippen LogP contribution in [0.4, 0.5) is 5.69 Å². The van der Waals surface area contributed by atoms with Crippen molar-refractivity contribution >= 4 is 11.6 Å². The second-order valence-corrected chi connectivity index (χ2v) is 7.63. The zero-order chi connectivity index (χ0) is 19.2. The first-order chi connectivity index (χ1) is 13.8. The van der Waals surface area contributed by atoms with Crippen molar-refractivity contribution in [2.75, 3.05) is 44.3 Å². The topological polar surface area (TPSA) is 44.8 Å². The van der Waals surface area contributed by atoms with Gasteiger partial charge in [-0.25, -0.2) is 0 Å². The van der Waals surface area contributed by atoms with Gasteiger partial charge in [0.1, 0.15) is 0 Å². The summed E-state index contributed by atoms with van der Waals surface area (Å²) in [5, 5.41) is 3.02. The smallest absolute Gasteiger partial charge is 0.251 e. The number of hydrogen-bond acceptors (Lipinski definition) is 4. The Labute approximate surface area is 167 Å². The van der Waals surface area contributed by atoms with Crippen molar-refractivity contribution in [3.05, 3.63) is 65.2 Å². The Hall–Kier alpha value is -2.37. The number of anilines is 1. The van der Waals surface area contributed by atoms with E-state index in [1.807, 2.05) is 12.1 Å². The zero-order valence-electron chi connectivity index (χ0n) is 16.4. The highest BCUT2D eigenvalue weighted by Gasteiger charge is 2.13. The van der Waals surface area contributed by atoms with E-state index >= 15 is 0 Å². The van der Waals surface area contributed by atoms with Crippen LogP contribution in [0.15, 0.2) is 48.5 Å². The van der Waals surface area contributed by atoms with Crippen LogP contribution in [-0.4, -0.2) is 50.2 Å². The minimum absolute atomic E-state index is 0.0232. The third-order valence-corrected chi connectivity index (χ3v) is 5.59. The van der Waals surface area contributed by atoms with E-state index in [1.54, 1.807) is 0 Å². The fourth-order valence-electron chi connectivity index (χ4n) is 3.89. The van der Waals surface area contributed by atoms with Crippen LogP contribution in [0.3, 0.4) is 0 Å². The van der Waals surface area contributed by atoms with E-state index in [9.17, 15) is 4.79 Å². The van der Waals surface area contributed by atoms with Gasteiger partial charge in [0.05, 0.1) is 13.2 Å². The SMILES string of the molecule is O=C(NCc1ccc(N2CCOCC2)cc1)c1ccc(CN2CCCC2)cc1. The van der Waals surface area contributed by atoms with Gasteiger partial charge in [-0.3, -0.25) is 9.69 Å². The molecule has 0 unspecified atom stereocenters. The molecule has 0 bridgehead atoms. The molecule has 28 heavy (non-hydrogen) atoms. The summed E-state index contributed by atoms with van der Waals surface area (Å²) in [7, 11) is 0. The Morgan fingerprint density at radius 1 is 0.857 bits per heavy atom. The maximum absolute atomic E-state index is 12.4. The predicted octanol–water partition coefficient (Wildman–Crippen LogP) is 3.05. The Morgan fingerprint density at radius 3 is 2.18 bits per heavy atom. The monoisotopic (exact) mass is 379 g/mol. The quantitative estimate of drug-likeness (QED) is 0.838. The molecule has 2 saturated heterocycles. The molecule has 0 aliphatic carbocycles. The molecule has 4 rings (SSSR count). The lowest BCUT2D eigenvalue weighted by Crippen LogP contribution is -2.36. The van der Waals surface area contributed by atoms with Crippen molar-refractivity contribution in [1.82, 2.24) is 10.2 Å². The molecule has 2 aliphatic heterocycles. The Balaban J connectivity index is 1.27. The van der Waals surface area contributed by atoms with E-state index in [0.717, 1.165) is 44.0 Å². The highest BCUT2D eigenvalue weighted by molar-refractivity contribution is 5.94. The second-order valence-electron chi connectivity index (χ2n) is 7.63. The normalized spacial score (nSPS) is 17.6. The van der Waals surface area contributed by atoms with E-state index in [4.69, 9.17) is 4.74 Å². The highest BCUT2D eigenvalue weighted by atomic mass is 16.5. The number of carbonyl (C=O) groups excluding carboxylic acids is 1. The van der Waals surface area contributed by atoms with E-state index < -0.39 is 0 Å². The number of nitrogens with one attached hydrogen (secondary N) is 1. The predicted molar refractivity (Wildman–Crippen MR) is 112 cm³/mol. The standard InChI is InChI=1S/C23H29N3O2/c27-23(21-7-3-20(4-8-21)18-25-11-1-2-12-25)24-17-19-5-9-22(10-6-19)26-13-15-28-16-14-26/h3-10H,1-2,11-18H2,(H,24,27). The van der Waals surface area contributed by atoms with Crippen molar-refractivity contribution < 1.29 is 9.53 Å². The molecule has 2 aliphatic rings. The maximum Gasteiger partial charge on any atom is 0.251 e. The highest BCUT2D eigenvalue weighted by Crippen LogP contribution is 2.17. The van der Waals surface area contributed by atoms with Gasteiger partial charge in [-0.2, -0.15) is 0 Å². The number of carbonyl (C=O) groups is 1.